The van der Waals surface area contributed by atoms with E-state index in [-0.39, 0.29) is 19.0 Å². The van der Waals surface area contributed by atoms with E-state index in [9.17, 15) is 13.2 Å². The monoisotopic (exact) mass is 390 g/mol. The fourth-order valence-electron chi connectivity index (χ4n) is 2.37. The zero-order chi connectivity index (χ0) is 20.1. The molecule has 2 rings (SSSR count). The standard InChI is InChI=1S/C20H26N2O4S/c1-20(2,3)19(23)21-14-15-22(27(4,24)25)17-12-8-9-13-18(17)26-16-10-6-5-7-11-16/h5-13H,14-15H2,1-4H3,(H,21,23). The summed E-state index contributed by atoms with van der Waals surface area (Å²) in [6.45, 7) is 5.72. The van der Waals surface area contributed by atoms with Gasteiger partial charge < -0.3 is 10.1 Å². The van der Waals surface area contributed by atoms with Crippen molar-refractivity contribution in [3.8, 4) is 11.5 Å². The molecule has 0 heterocycles. The molecule has 0 saturated carbocycles. The van der Waals surface area contributed by atoms with Gasteiger partial charge in [0.2, 0.25) is 15.9 Å². The maximum Gasteiger partial charge on any atom is 0.232 e. The molecule has 0 aliphatic rings. The van der Waals surface area contributed by atoms with Crippen molar-refractivity contribution < 1.29 is 17.9 Å². The van der Waals surface area contributed by atoms with Crippen LogP contribution in [0.25, 0.3) is 0 Å². The van der Waals surface area contributed by atoms with Crippen LogP contribution in [-0.2, 0) is 14.8 Å². The van der Waals surface area contributed by atoms with Gasteiger partial charge >= 0.3 is 0 Å². The minimum absolute atomic E-state index is 0.107. The lowest BCUT2D eigenvalue weighted by Crippen LogP contribution is -2.41. The Morgan fingerprint density at radius 2 is 1.63 bits per heavy atom. The Morgan fingerprint density at radius 3 is 2.22 bits per heavy atom. The minimum Gasteiger partial charge on any atom is -0.455 e. The Morgan fingerprint density at radius 1 is 1.04 bits per heavy atom. The van der Waals surface area contributed by atoms with Gasteiger partial charge in [-0.15, -0.1) is 0 Å². The van der Waals surface area contributed by atoms with Crippen molar-refractivity contribution in [2.75, 3.05) is 23.7 Å². The summed E-state index contributed by atoms with van der Waals surface area (Å²) >= 11 is 0. The van der Waals surface area contributed by atoms with Gasteiger partial charge in [0, 0.05) is 12.0 Å². The second kappa shape index (κ2) is 8.43. The largest absolute Gasteiger partial charge is 0.455 e. The minimum atomic E-state index is -3.56. The van der Waals surface area contributed by atoms with Crippen molar-refractivity contribution in [1.82, 2.24) is 5.32 Å². The third-order valence-electron chi connectivity index (χ3n) is 3.79. The number of benzene rings is 2. The van der Waals surface area contributed by atoms with Crippen molar-refractivity contribution in [2.24, 2.45) is 5.41 Å². The van der Waals surface area contributed by atoms with Gasteiger partial charge in [0.05, 0.1) is 18.5 Å². The van der Waals surface area contributed by atoms with Crippen LogP contribution in [0.4, 0.5) is 5.69 Å². The third-order valence-corrected chi connectivity index (χ3v) is 4.97. The number of hydrogen-bond acceptors (Lipinski definition) is 4. The fraction of sp³-hybridized carbons (Fsp3) is 0.350. The second-order valence-electron chi connectivity index (χ2n) is 7.22. The molecular weight excluding hydrogens is 364 g/mol. The third kappa shape index (κ3) is 5.99. The molecule has 0 unspecified atom stereocenters. The summed E-state index contributed by atoms with van der Waals surface area (Å²) in [5.41, 5.74) is -0.113. The van der Waals surface area contributed by atoms with Gasteiger partial charge in [-0.1, -0.05) is 51.1 Å². The Balaban J connectivity index is 2.23. The number of anilines is 1. The maximum atomic E-state index is 12.4. The average molecular weight is 391 g/mol. The van der Waals surface area contributed by atoms with Crippen LogP contribution in [-0.4, -0.2) is 33.7 Å². The predicted octanol–water partition coefficient (Wildman–Crippen LogP) is 3.41. The molecule has 0 saturated heterocycles. The summed E-state index contributed by atoms with van der Waals surface area (Å²) in [5, 5.41) is 2.78. The van der Waals surface area contributed by atoms with Crippen molar-refractivity contribution in [3.63, 3.8) is 0 Å². The van der Waals surface area contributed by atoms with E-state index in [0.29, 0.717) is 17.2 Å². The molecule has 1 amide bonds. The highest BCUT2D eigenvalue weighted by molar-refractivity contribution is 7.92. The quantitative estimate of drug-likeness (QED) is 0.786. The van der Waals surface area contributed by atoms with Crippen molar-refractivity contribution in [1.29, 1.82) is 0 Å². The Labute approximate surface area is 161 Å². The molecule has 2 aromatic rings. The number of amides is 1. The van der Waals surface area contributed by atoms with Crippen LogP contribution in [0.2, 0.25) is 0 Å². The van der Waals surface area contributed by atoms with E-state index in [1.165, 1.54) is 4.31 Å². The van der Waals surface area contributed by atoms with Crippen molar-refractivity contribution in [2.45, 2.75) is 20.8 Å². The van der Waals surface area contributed by atoms with E-state index in [1.54, 1.807) is 57.2 Å². The highest BCUT2D eigenvalue weighted by atomic mass is 32.2. The number of carbonyl (C=O) groups is 1. The van der Waals surface area contributed by atoms with E-state index in [0.717, 1.165) is 6.26 Å². The SMILES string of the molecule is CC(C)(C)C(=O)NCCN(c1ccccc1Oc1ccccc1)S(C)(=O)=O. The van der Waals surface area contributed by atoms with Crippen LogP contribution < -0.4 is 14.4 Å². The topological polar surface area (TPSA) is 75.7 Å². The van der Waals surface area contributed by atoms with E-state index in [4.69, 9.17) is 4.74 Å². The molecule has 7 heteroatoms. The average Bonchev–Trinajstić information content (AvgIpc) is 2.58. The van der Waals surface area contributed by atoms with Gasteiger partial charge in [-0.3, -0.25) is 9.10 Å². The summed E-state index contributed by atoms with van der Waals surface area (Å²) in [6, 6.07) is 16.1. The molecule has 0 aliphatic heterocycles. The van der Waals surface area contributed by atoms with E-state index < -0.39 is 15.4 Å². The highest BCUT2D eigenvalue weighted by Gasteiger charge is 2.24. The first-order valence-electron chi connectivity index (χ1n) is 8.67. The molecule has 0 atom stereocenters. The van der Waals surface area contributed by atoms with Gasteiger partial charge in [0.1, 0.15) is 5.75 Å². The molecule has 1 N–H and O–H groups in total. The fourth-order valence-corrected chi connectivity index (χ4v) is 3.30. The van der Waals surface area contributed by atoms with E-state index in [1.807, 2.05) is 18.2 Å². The Bertz CT molecular complexity index is 874. The highest BCUT2D eigenvalue weighted by Crippen LogP contribution is 2.33. The van der Waals surface area contributed by atoms with Crippen LogP contribution >= 0.6 is 0 Å². The van der Waals surface area contributed by atoms with Gasteiger partial charge in [-0.25, -0.2) is 8.42 Å². The number of ether oxygens (including phenoxy) is 1. The lowest BCUT2D eigenvalue weighted by molar-refractivity contribution is -0.128. The summed E-state index contributed by atoms with van der Waals surface area (Å²) in [5.74, 6) is 0.903. The number of carbonyl (C=O) groups excluding carboxylic acids is 1. The normalized spacial score (nSPS) is 11.7. The summed E-state index contributed by atoms with van der Waals surface area (Å²) in [7, 11) is -3.56. The molecule has 0 fully saturated rings. The molecule has 0 aromatic heterocycles. The lowest BCUT2D eigenvalue weighted by atomic mass is 9.96. The van der Waals surface area contributed by atoms with Crippen molar-refractivity contribution in [3.05, 3.63) is 54.6 Å². The predicted molar refractivity (Wildman–Crippen MR) is 108 cm³/mol. The summed E-state index contributed by atoms with van der Waals surface area (Å²) < 4.78 is 31.9. The van der Waals surface area contributed by atoms with E-state index >= 15 is 0 Å². The van der Waals surface area contributed by atoms with Gasteiger partial charge in [-0.2, -0.15) is 0 Å². The van der Waals surface area contributed by atoms with Gasteiger partial charge in [0.25, 0.3) is 0 Å². The molecule has 0 spiro atoms. The van der Waals surface area contributed by atoms with Crippen LogP contribution in [0.15, 0.2) is 54.6 Å². The number of nitrogens with zero attached hydrogens (tertiary/aromatic N) is 1. The molecule has 0 aliphatic carbocycles. The number of para-hydroxylation sites is 3. The molecule has 0 bridgehead atoms. The first kappa shape index (κ1) is 20.8. The number of rotatable bonds is 7. The lowest BCUT2D eigenvalue weighted by Gasteiger charge is -2.25. The first-order chi connectivity index (χ1) is 12.6. The second-order valence-corrected chi connectivity index (χ2v) is 9.13. The molecule has 2 aromatic carbocycles. The molecule has 146 valence electrons. The van der Waals surface area contributed by atoms with Crippen LogP contribution in [0.5, 0.6) is 11.5 Å². The van der Waals surface area contributed by atoms with Crippen LogP contribution in [0.3, 0.4) is 0 Å². The number of sulfonamides is 1. The smallest absolute Gasteiger partial charge is 0.232 e. The van der Waals surface area contributed by atoms with E-state index in [2.05, 4.69) is 5.32 Å². The molecule has 0 radical (unpaired) electrons. The maximum absolute atomic E-state index is 12.4. The molecule has 27 heavy (non-hydrogen) atoms. The summed E-state index contributed by atoms with van der Waals surface area (Å²) in [4.78, 5) is 12.0. The molecule has 6 nitrogen and oxygen atoms in total. The van der Waals surface area contributed by atoms with Crippen molar-refractivity contribution >= 4 is 21.6 Å². The Hall–Kier alpha value is -2.54. The van der Waals surface area contributed by atoms with Crippen LogP contribution in [0, 0.1) is 5.41 Å². The van der Waals surface area contributed by atoms with Crippen LogP contribution in [0.1, 0.15) is 20.8 Å². The number of nitrogens with one attached hydrogen (secondary N) is 1. The zero-order valence-corrected chi connectivity index (χ0v) is 16.9. The number of hydrogen-bond donors (Lipinski definition) is 1. The van der Waals surface area contributed by atoms with Gasteiger partial charge in [0.15, 0.2) is 5.75 Å². The first-order valence-corrected chi connectivity index (χ1v) is 10.5. The zero-order valence-electron chi connectivity index (χ0n) is 16.1. The Kier molecular flexibility index (Phi) is 6.49. The van der Waals surface area contributed by atoms with Gasteiger partial charge in [-0.05, 0) is 24.3 Å². The summed E-state index contributed by atoms with van der Waals surface area (Å²) in [6.07, 6.45) is 1.14. The molecular formula is C20H26N2O4S.